The number of carbonyl (C=O) groups excluding carboxylic acids is 2. The van der Waals surface area contributed by atoms with Crippen molar-refractivity contribution in [2.75, 3.05) is 13.1 Å². The first-order valence-corrected chi connectivity index (χ1v) is 9.91. The van der Waals surface area contributed by atoms with Crippen LogP contribution in [0.1, 0.15) is 62.7 Å². The molecule has 140 valence electrons. The molecule has 1 atom stereocenters. The largest absolute Gasteiger partial charge is 0.491 e. The number of piperidine rings is 1. The number of likely N-dealkylation sites (tertiary alicyclic amines) is 2. The normalized spacial score (nSPS) is 26.0. The average molecular weight is 356 g/mol. The van der Waals surface area contributed by atoms with Gasteiger partial charge in [-0.25, -0.2) is 0 Å². The number of rotatable bonds is 4. The van der Waals surface area contributed by atoms with Gasteiger partial charge in [-0.15, -0.1) is 0 Å². The highest BCUT2D eigenvalue weighted by atomic mass is 16.5. The fourth-order valence-electron chi connectivity index (χ4n) is 4.51. The Morgan fingerprint density at radius 3 is 2.38 bits per heavy atom. The third-order valence-corrected chi connectivity index (χ3v) is 5.84. The zero-order valence-electron chi connectivity index (χ0n) is 15.7. The molecular weight excluding hydrogens is 328 g/mol. The predicted octanol–water partition coefficient (Wildman–Crippen LogP) is 3.23. The van der Waals surface area contributed by atoms with Gasteiger partial charge in [0.1, 0.15) is 11.3 Å². The summed E-state index contributed by atoms with van der Waals surface area (Å²) in [6, 6.07) is 7.74. The molecule has 1 aromatic rings. The molecule has 1 saturated carbocycles. The van der Waals surface area contributed by atoms with E-state index in [1.807, 2.05) is 43.0 Å². The van der Waals surface area contributed by atoms with Gasteiger partial charge in [-0.2, -0.15) is 0 Å². The van der Waals surface area contributed by atoms with Crippen molar-refractivity contribution in [1.82, 2.24) is 9.80 Å². The molecule has 4 rings (SSSR count). The Morgan fingerprint density at radius 2 is 1.77 bits per heavy atom. The number of benzene rings is 1. The summed E-state index contributed by atoms with van der Waals surface area (Å²) >= 11 is 0. The molecule has 2 heterocycles. The van der Waals surface area contributed by atoms with Gasteiger partial charge in [0.2, 0.25) is 5.91 Å². The molecule has 1 aliphatic carbocycles. The summed E-state index contributed by atoms with van der Waals surface area (Å²) in [5.74, 6) is 0.933. The van der Waals surface area contributed by atoms with Crippen LogP contribution in [0.25, 0.3) is 0 Å². The first-order chi connectivity index (χ1) is 12.5. The minimum Gasteiger partial charge on any atom is -0.491 e. The summed E-state index contributed by atoms with van der Waals surface area (Å²) in [5.41, 5.74) is 0.0316. The number of carbonyl (C=O) groups is 2. The van der Waals surface area contributed by atoms with Crippen molar-refractivity contribution in [2.24, 2.45) is 0 Å². The van der Waals surface area contributed by atoms with Crippen LogP contribution in [-0.2, 0) is 4.79 Å². The third-order valence-electron chi connectivity index (χ3n) is 5.84. The van der Waals surface area contributed by atoms with Gasteiger partial charge in [0.05, 0.1) is 6.10 Å². The molecule has 0 aromatic heterocycles. The second-order valence-electron chi connectivity index (χ2n) is 8.12. The Morgan fingerprint density at radius 1 is 1.12 bits per heavy atom. The maximum absolute atomic E-state index is 13.3. The van der Waals surface area contributed by atoms with Gasteiger partial charge in [-0.1, -0.05) is 0 Å². The molecule has 5 heteroatoms. The maximum atomic E-state index is 13.3. The van der Waals surface area contributed by atoms with Gasteiger partial charge in [-0.3, -0.25) is 9.59 Å². The first kappa shape index (κ1) is 17.4. The van der Waals surface area contributed by atoms with Crippen LogP contribution in [0.5, 0.6) is 5.75 Å². The molecule has 26 heavy (non-hydrogen) atoms. The van der Waals surface area contributed by atoms with Crippen molar-refractivity contribution >= 4 is 11.8 Å². The molecule has 1 spiro atoms. The van der Waals surface area contributed by atoms with Gasteiger partial charge >= 0.3 is 0 Å². The SMILES string of the molecule is CC(C)Oc1ccc(C(=O)N2CCCC23CCCN(C2CC2)C3=O)cc1. The number of hydrogen-bond donors (Lipinski definition) is 0. The van der Waals surface area contributed by atoms with Crippen LogP contribution in [-0.4, -0.2) is 52.4 Å². The van der Waals surface area contributed by atoms with E-state index < -0.39 is 5.54 Å². The van der Waals surface area contributed by atoms with E-state index in [2.05, 4.69) is 4.90 Å². The van der Waals surface area contributed by atoms with Gasteiger partial charge in [0.15, 0.2) is 0 Å². The van der Waals surface area contributed by atoms with Gasteiger partial charge in [0, 0.05) is 24.7 Å². The molecular formula is C21H28N2O3. The van der Waals surface area contributed by atoms with E-state index in [9.17, 15) is 9.59 Å². The van der Waals surface area contributed by atoms with Gasteiger partial charge in [-0.05, 0) is 76.6 Å². The lowest BCUT2D eigenvalue weighted by molar-refractivity contribution is -0.146. The minimum absolute atomic E-state index is 0.0235. The molecule has 2 aliphatic heterocycles. The highest BCUT2D eigenvalue weighted by Gasteiger charge is 2.54. The summed E-state index contributed by atoms with van der Waals surface area (Å²) in [6.07, 6.45) is 5.84. The zero-order chi connectivity index (χ0) is 18.3. The maximum Gasteiger partial charge on any atom is 0.254 e. The van der Waals surface area contributed by atoms with Gasteiger partial charge < -0.3 is 14.5 Å². The van der Waals surface area contributed by atoms with E-state index in [4.69, 9.17) is 4.74 Å². The number of amides is 2. The van der Waals surface area contributed by atoms with Crippen LogP contribution in [0.2, 0.25) is 0 Å². The van der Waals surface area contributed by atoms with E-state index in [0.29, 0.717) is 18.2 Å². The van der Waals surface area contributed by atoms with E-state index >= 15 is 0 Å². The lowest BCUT2D eigenvalue weighted by atomic mass is 9.85. The van der Waals surface area contributed by atoms with Crippen molar-refractivity contribution in [1.29, 1.82) is 0 Å². The Kier molecular flexibility index (Phi) is 4.41. The zero-order valence-corrected chi connectivity index (χ0v) is 15.7. The summed E-state index contributed by atoms with van der Waals surface area (Å²) < 4.78 is 5.66. The molecule has 3 fully saturated rings. The highest BCUT2D eigenvalue weighted by molar-refractivity contribution is 6.00. The fraction of sp³-hybridized carbons (Fsp3) is 0.619. The Labute approximate surface area is 155 Å². The number of ether oxygens (including phenoxy) is 1. The van der Waals surface area contributed by atoms with E-state index in [1.165, 1.54) is 0 Å². The van der Waals surface area contributed by atoms with Crippen LogP contribution in [0.15, 0.2) is 24.3 Å². The molecule has 0 bridgehead atoms. The van der Waals surface area contributed by atoms with Crippen molar-refractivity contribution in [3.63, 3.8) is 0 Å². The molecule has 5 nitrogen and oxygen atoms in total. The molecule has 2 amide bonds. The lowest BCUT2D eigenvalue weighted by Gasteiger charge is -2.44. The Bertz CT molecular complexity index is 696. The molecule has 0 N–H and O–H groups in total. The highest BCUT2D eigenvalue weighted by Crippen LogP contribution is 2.42. The number of hydrogen-bond acceptors (Lipinski definition) is 3. The van der Waals surface area contributed by atoms with Crippen LogP contribution in [0, 0.1) is 0 Å². The minimum atomic E-state index is -0.606. The van der Waals surface area contributed by atoms with Crippen molar-refractivity contribution < 1.29 is 14.3 Å². The third kappa shape index (κ3) is 2.97. The second kappa shape index (κ2) is 6.60. The average Bonchev–Trinajstić information content (AvgIpc) is 3.37. The van der Waals surface area contributed by atoms with Crippen molar-refractivity contribution in [3.05, 3.63) is 29.8 Å². The topological polar surface area (TPSA) is 49.9 Å². The smallest absolute Gasteiger partial charge is 0.254 e. The van der Waals surface area contributed by atoms with Crippen LogP contribution >= 0.6 is 0 Å². The van der Waals surface area contributed by atoms with Crippen molar-refractivity contribution in [2.45, 2.75) is 70.1 Å². The Balaban J connectivity index is 1.55. The van der Waals surface area contributed by atoms with Crippen LogP contribution < -0.4 is 4.74 Å². The lowest BCUT2D eigenvalue weighted by Crippen LogP contribution is -2.61. The van der Waals surface area contributed by atoms with Crippen LogP contribution in [0.4, 0.5) is 0 Å². The quantitative estimate of drug-likeness (QED) is 0.832. The predicted molar refractivity (Wildman–Crippen MR) is 99.2 cm³/mol. The molecule has 2 saturated heterocycles. The van der Waals surface area contributed by atoms with E-state index in [-0.39, 0.29) is 17.9 Å². The summed E-state index contributed by atoms with van der Waals surface area (Å²) in [6.45, 7) is 5.49. The molecule has 1 unspecified atom stereocenters. The standard InChI is InChI=1S/C21H28N2O3/c1-15(2)26-18-9-5-16(6-10-18)19(24)23-14-4-12-21(23)11-3-13-22(20(21)25)17-7-8-17/h5-6,9-10,15,17H,3-4,7-8,11-14H2,1-2H3. The van der Waals surface area contributed by atoms with E-state index in [1.54, 1.807) is 0 Å². The number of nitrogens with zero attached hydrogens (tertiary/aromatic N) is 2. The van der Waals surface area contributed by atoms with Crippen molar-refractivity contribution in [3.8, 4) is 5.75 Å². The fourth-order valence-corrected chi connectivity index (χ4v) is 4.51. The summed E-state index contributed by atoms with van der Waals surface area (Å²) in [7, 11) is 0. The molecule has 1 aromatic carbocycles. The molecule has 0 radical (unpaired) electrons. The van der Waals surface area contributed by atoms with Crippen LogP contribution in [0.3, 0.4) is 0 Å². The summed E-state index contributed by atoms with van der Waals surface area (Å²) in [5, 5.41) is 0. The second-order valence-corrected chi connectivity index (χ2v) is 8.12. The summed E-state index contributed by atoms with van der Waals surface area (Å²) in [4.78, 5) is 30.4. The Hall–Kier alpha value is -2.04. The first-order valence-electron chi connectivity index (χ1n) is 9.91. The van der Waals surface area contributed by atoms with Gasteiger partial charge in [0.25, 0.3) is 5.91 Å². The van der Waals surface area contributed by atoms with E-state index in [0.717, 1.165) is 50.8 Å². The molecule has 3 aliphatic rings. The monoisotopic (exact) mass is 356 g/mol.